The van der Waals surface area contributed by atoms with Gasteiger partial charge in [0.05, 0.1) is 5.54 Å². The molecule has 0 radical (unpaired) electrons. The first kappa shape index (κ1) is 14.6. The Morgan fingerprint density at radius 1 is 1.37 bits per heavy atom. The number of nitrogens with one attached hydrogen (secondary N) is 1. The van der Waals surface area contributed by atoms with Gasteiger partial charge in [-0.15, -0.1) is 0 Å². The highest BCUT2D eigenvalue weighted by molar-refractivity contribution is 5.70. The predicted octanol–water partition coefficient (Wildman–Crippen LogP) is 2.77. The predicted molar refractivity (Wildman–Crippen MR) is 76.2 cm³/mol. The number of carbonyl (C=O) groups excluding carboxylic acids is 1. The standard InChI is InChI=1S/C15H28N2O2/c1-11-9-16-10-15(5,12-7-6-8-12)17(11)13(18)19-14(2,3)4/h11-12,16H,6-10H2,1-5H3. The van der Waals surface area contributed by atoms with E-state index in [9.17, 15) is 4.79 Å². The van der Waals surface area contributed by atoms with Gasteiger partial charge in [0.25, 0.3) is 0 Å². The van der Waals surface area contributed by atoms with E-state index < -0.39 is 5.60 Å². The molecule has 1 aliphatic carbocycles. The minimum Gasteiger partial charge on any atom is -0.444 e. The first-order chi connectivity index (χ1) is 8.74. The second kappa shape index (κ2) is 4.97. The fourth-order valence-electron chi connectivity index (χ4n) is 3.28. The quantitative estimate of drug-likeness (QED) is 0.795. The van der Waals surface area contributed by atoms with Gasteiger partial charge in [-0.05, 0) is 53.4 Å². The van der Waals surface area contributed by atoms with Gasteiger partial charge in [-0.1, -0.05) is 6.42 Å². The van der Waals surface area contributed by atoms with Crippen LogP contribution in [0.2, 0.25) is 0 Å². The Morgan fingerprint density at radius 2 is 2.00 bits per heavy atom. The molecule has 2 rings (SSSR count). The van der Waals surface area contributed by atoms with Crippen LogP contribution < -0.4 is 5.32 Å². The van der Waals surface area contributed by atoms with Gasteiger partial charge in [-0.2, -0.15) is 0 Å². The summed E-state index contributed by atoms with van der Waals surface area (Å²) in [4.78, 5) is 14.6. The summed E-state index contributed by atoms with van der Waals surface area (Å²) in [5.74, 6) is 0.607. The van der Waals surface area contributed by atoms with E-state index in [0.29, 0.717) is 5.92 Å². The highest BCUT2D eigenvalue weighted by atomic mass is 16.6. The zero-order chi connectivity index (χ0) is 14.3. The van der Waals surface area contributed by atoms with Gasteiger partial charge in [0.1, 0.15) is 5.60 Å². The average molecular weight is 268 g/mol. The van der Waals surface area contributed by atoms with Crippen LogP contribution in [0.5, 0.6) is 0 Å². The zero-order valence-corrected chi connectivity index (χ0v) is 13.0. The van der Waals surface area contributed by atoms with Crippen molar-refractivity contribution in [3.63, 3.8) is 0 Å². The van der Waals surface area contributed by atoms with Gasteiger partial charge in [-0.3, -0.25) is 4.90 Å². The Bertz CT molecular complexity index is 347. The lowest BCUT2D eigenvalue weighted by Gasteiger charge is -2.54. The van der Waals surface area contributed by atoms with E-state index in [4.69, 9.17) is 4.74 Å². The number of rotatable bonds is 1. The van der Waals surface area contributed by atoms with Gasteiger partial charge in [0, 0.05) is 19.1 Å². The molecule has 2 atom stereocenters. The molecule has 0 aromatic carbocycles. The van der Waals surface area contributed by atoms with E-state index in [1.54, 1.807) is 0 Å². The Kier molecular flexibility index (Phi) is 3.83. The van der Waals surface area contributed by atoms with Gasteiger partial charge in [0.15, 0.2) is 0 Å². The van der Waals surface area contributed by atoms with Crippen LogP contribution in [0.4, 0.5) is 4.79 Å². The van der Waals surface area contributed by atoms with Crippen LogP contribution in [0.1, 0.15) is 53.9 Å². The summed E-state index contributed by atoms with van der Waals surface area (Å²) in [5, 5.41) is 3.47. The zero-order valence-electron chi connectivity index (χ0n) is 13.0. The van der Waals surface area contributed by atoms with E-state index in [-0.39, 0.29) is 17.7 Å². The van der Waals surface area contributed by atoms with E-state index in [0.717, 1.165) is 13.1 Å². The van der Waals surface area contributed by atoms with Crippen LogP contribution in [0.15, 0.2) is 0 Å². The van der Waals surface area contributed by atoms with E-state index in [1.807, 2.05) is 25.7 Å². The highest BCUT2D eigenvalue weighted by Gasteiger charge is 2.49. The summed E-state index contributed by atoms with van der Waals surface area (Å²) >= 11 is 0. The average Bonchev–Trinajstić information content (AvgIpc) is 2.09. The summed E-state index contributed by atoms with van der Waals surface area (Å²) in [6.45, 7) is 11.8. The smallest absolute Gasteiger partial charge is 0.411 e. The summed E-state index contributed by atoms with van der Waals surface area (Å²) in [6, 6.07) is 0.189. The van der Waals surface area contributed by atoms with Crippen LogP contribution in [0.3, 0.4) is 0 Å². The maximum atomic E-state index is 12.6. The number of amides is 1. The third kappa shape index (κ3) is 2.88. The number of ether oxygens (including phenoxy) is 1. The number of nitrogens with zero attached hydrogens (tertiary/aromatic N) is 1. The normalized spacial score (nSPS) is 32.9. The molecule has 1 saturated carbocycles. The maximum absolute atomic E-state index is 12.6. The Balaban J connectivity index is 2.18. The SMILES string of the molecule is CC1CNCC(C)(C2CCC2)N1C(=O)OC(C)(C)C. The third-order valence-electron chi connectivity index (χ3n) is 4.49. The monoisotopic (exact) mass is 268 g/mol. The van der Waals surface area contributed by atoms with Gasteiger partial charge >= 0.3 is 6.09 Å². The highest BCUT2D eigenvalue weighted by Crippen LogP contribution is 2.41. The lowest BCUT2D eigenvalue weighted by atomic mass is 9.69. The Morgan fingerprint density at radius 3 is 2.47 bits per heavy atom. The van der Waals surface area contributed by atoms with Crippen LogP contribution in [0, 0.1) is 5.92 Å². The molecule has 1 amide bonds. The molecule has 2 aliphatic rings. The lowest BCUT2D eigenvalue weighted by Crippen LogP contribution is -2.69. The minimum atomic E-state index is -0.428. The van der Waals surface area contributed by atoms with Crippen LogP contribution in [0.25, 0.3) is 0 Å². The molecule has 1 aliphatic heterocycles. The van der Waals surface area contributed by atoms with Crippen molar-refractivity contribution in [3.05, 3.63) is 0 Å². The topological polar surface area (TPSA) is 41.6 Å². The van der Waals surface area contributed by atoms with Crippen molar-refractivity contribution < 1.29 is 9.53 Å². The fraction of sp³-hybridized carbons (Fsp3) is 0.933. The number of hydrogen-bond donors (Lipinski definition) is 1. The van der Waals surface area contributed by atoms with Crippen LogP contribution in [-0.4, -0.2) is 41.3 Å². The summed E-state index contributed by atoms with van der Waals surface area (Å²) in [6.07, 6.45) is 3.58. The second-order valence-corrected chi connectivity index (χ2v) is 7.32. The Labute approximate surface area is 116 Å². The van der Waals surface area contributed by atoms with E-state index >= 15 is 0 Å². The van der Waals surface area contributed by atoms with Crippen LogP contribution >= 0.6 is 0 Å². The molecule has 0 spiro atoms. The Hall–Kier alpha value is -0.770. The van der Waals surface area contributed by atoms with Gasteiger partial charge in [0.2, 0.25) is 0 Å². The number of carbonyl (C=O) groups is 1. The molecular formula is C15H28N2O2. The van der Waals surface area contributed by atoms with Crippen molar-refractivity contribution >= 4 is 6.09 Å². The van der Waals surface area contributed by atoms with Crippen molar-refractivity contribution in [2.45, 2.75) is 71.1 Å². The van der Waals surface area contributed by atoms with Crippen LogP contribution in [-0.2, 0) is 4.74 Å². The fourth-order valence-corrected chi connectivity index (χ4v) is 3.28. The molecule has 4 heteroatoms. The second-order valence-electron chi connectivity index (χ2n) is 7.32. The molecule has 4 nitrogen and oxygen atoms in total. The lowest BCUT2D eigenvalue weighted by molar-refractivity contribution is -0.0544. The molecule has 19 heavy (non-hydrogen) atoms. The third-order valence-corrected chi connectivity index (χ3v) is 4.49. The van der Waals surface area contributed by atoms with E-state index in [1.165, 1.54) is 19.3 Å². The molecule has 0 bridgehead atoms. The first-order valence-corrected chi connectivity index (χ1v) is 7.47. The maximum Gasteiger partial charge on any atom is 0.411 e. The van der Waals surface area contributed by atoms with Crippen molar-refractivity contribution in [3.8, 4) is 0 Å². The van der Waals surface area contributed by atoms with Crippen molar-refractivity contribution in [2.24, 2.45) is 5.92 Å². The minimum absolute atomic E-state index is 0.0990. The summed E-state index contributed by atoms with van der Waals surface area (Å²) in [5.41, 5.74) is -0.527. The molecular weight excluding hydrogens is 240 g/mol. The molecule has 2 unspecified atom stereocenters. The molecule has 0 aromatic heterocycles. The molecule has 110 valence electrons. The molecule has 0 aromatic rings. The van der Waals surface area contributed by atoms with E-state index in [2.05, 4.69) is 19.2 Å². The number of piperazine rings is 1. The van der Waals surface area contributed by atoms with Crippen molar-refractivity contribution in [2.75, 3.05) is 13.1 Å². The van der Waals surface area contributed by atoms with Crippen molar-refractivity contribution in [1.82, 2.24) is 10.2 Å². The molecule has 2 fully saturated rings. The molecule has 1 heterocycles. The largest absolute Gasteiger partial charge is 0.444 e. The first-order valence-electron chi connectivity index (χ1n) is 7.47. The van der Waals surface area contributed by atoms with Crippen molar-refractivity contribution in [1.29, 1.82) is 0 Å². The van der Waals surface area contributed by atoms with Gasteiger partial charge < -0.3 is 10.1 Å². The summed E-state index contributed by atoms with van der Waals surface area (Å²) in [7, 11) is 0. The number of hydrogen-bond acceptors (Lipinski definition) is 3. The summed E-state index contributed by atoms with van der Waals surface area (Å²) < 4.78 is 5.62. The molecule has 1 saturated heterocycles. The molecule has 1 N–H and O–H groups in total. The van der Waals surface area contributed by atoms with Gasteiger partial charge in [-0.25, -0.2) is 4.79 Å².